The van der Waals surface area contributed by atoms with E-state index in [1.807, 2.05) is 45.0 Å². The summed E-state index contributed by atoms with van der Waals surface area (Å²) >= 11 is 0. The van der Waals surface area contributed by atoms with Crippen molar-refractivity contribution in [2.24, 2.45) is 0 Å². The lowest BCUT2D eigenvalue weighted by molar-refractivity contribution is -0.150. The van der Waals surface area contributed by atoms with E-state index in [-0.39, 0.29) is 18.9 Å². The average molecular weight is 332 g/mol. The highest BCUT2D eigenvalue weighted by Crippen LogP contribution is 2.31. The first-order chi connectivity index (χ1) is 11.4. The Morgan fingerprint density at radius 2 is 2.08 bits per heavy atom. The van der Waals surface area contributed by atoms with Crippen LogP contribution in [0.15, 0.2) is 23.8 Å². The van der Waals surface area contributed by atoms with Gasteiger partial charge in [0.2, 0.25) is 0 Å². The first-order valence-corrected chi connectivity index (χ1v) is 8.40. The van der Waals surface area contributed by atoms with Crippen molar-refractivity contribution < 1.29 is 23.7 Å². The number of carbonyl (C=O) groups is 1. The van der Waals surface area contributed by atoms with E-state index in [4.69, 9.17) is 18.9 Å². The third-order valence-corrected chi connectivity index (χ3v) is 3.76. The highest BCUT2D eigenvalue weighted by molar-refractivity contribution is 5.95. The Kier molecular flexibility index (Phi) is 4.81. The second-order valence-electron chi connectivity index (χ2n) is 7.07. The van der Waals surface area contributed by atoms with Crippen LogP contribution in [0.4, 0.5) is 0 Å². The van der Waals surface area contributed by atoms with Crippen molar-refractivity contribution in [3.63, 3.8) is 0 Å². The first kappa shape index (κ1) is 16.8. The molecule has 0 aliphatic carbocycles. The van der Waals surface area contributed by atoms with Gasteiger partial charge in [-0.15, -0.1) is 0 Å². The van der Waals surface area contributed by atoms with E-state index in [0.29, 0.717) is 11.3 Å². The van der Waals surface area contributed by atoms with Crippen molar-refractivity contribution in [3.05, 3.63) is 29.3 Å². The average Bonchev–Trinajstić information content (AvgIpc) is 2.53. The van der Waals surface area contributed by atoms with Crippen LogP contribution in [0.3, 0.4) is 0 Å². The molecule has 0 N–H and O–H groups in total. The molecule has 1 atom stereocenters. The topological polar surface area (TPSA) is 54.0 Å². The number of carbonyl (C=O) groups excluding carboxylic acids is 1. The zero-order valence-corrected chi connectivity index (χ0v) is 14.5. The summed E-state index contributed by atoms with van der Waals surface area (Å²) in [6, 6.07) is 5.59. The Morgan fingerprint density at radius 1 is 1.25 bits per heavy atom. The number of fused-ring (bicyclic) bond motifs is 1. The molecule has 24 heavy (non-hydrogen) atoms. The monoisotopic (exact) mass is 332 g/mol. The maximum atomic E-state index is 12.2. The molecule has 0 amide bonds. The van der Waals surface area contributed by atoms with Gasteiger partial charge in [-0.05, 0) is 57.9 Å². The molecule has 2 heterocycles. The van der Waals surface area contributed by atoms with Crippen LogP contribution in [0.25, 0.3) is 6.08 Å². The van der Waals surface area contributed by atoms with Crippen molar-refractivity contribution in [3.8, 4) is 11.5 Å². The molecule has 0 radical (unpaired) electrons. The third-order valence-electron chi connectivity index (χ3n) is 3.76. The van der Waals surface area contributed by atoms with Crippen molar-refractivity contribution >= 4 is 12.0 Å². The van der Waals surface area contributed by atoms with Gasteiger partial charge in [-0.25, -0.2) is 4.79 Å². The molecule has 0 saturated carbocycles. The van der Waals surface area contributed by atoms with Crippen LogP contribution in [0, 0.1) is 0 Å². The summed E-state index contributed by atoms with van der Waals surface area (Å²) in [5.74, 6) is 1.10. The van der Waals surface area contributed by atoms with Gasteiger partial charge in [0.15, 0.2) is 6.29 Å². The van der Waals surface area contributed by atoms with E-state index in [1.54, 1.807) is 0 Å². The number of esters is 1. The molecular weight excluding hydrogens is 308 g/mol. The molecule has 5 nitrogen and oxygen atoms in total. The number of rotatable bonds is 3. The standard InChI is InChI=1S/C19H24O5/c1-19(2,3)24-18(20)14-10-13-11-15(7-8-16(13)22-12-14)23-17-6-4-5-9-21-17/h7-8,10-11,17H,4-6,9,12H2,1-3H3. The van der Waals surface area contributed by atoms with Gasteiger partial charge in [-0.3, -0.25) is 0 Å². The Bertz CT molecular complexity index is 636. The fourth-order valence-corrected chi connectivity index (χ4v) is 2.65. The van der Waals surface area contributed by atoms with Gasteiger partial charge >= 0.3 is 5.97 Å². The van der Waals surface area contributed by atoms with Crippen LogP contribution < -0.4 is 9.47 Å². The minimum atomic E-state index is -0.526. The van der Waals surface area contributed by atoms with E-state index >= 15 is 0 Å². The normalized spacial score (nSPS) is 20.5. The molecule has 3 rings (SSSR count). The van der Waals surface area contributed by atoms with Gasteiger partial charge in [0.1, 0.15) is 23.7 Å². The Balaban J connectivity index is 1.74. The largest absolute Gasteiger partial charge is 0.488 e. The second-order valence-corrected chi connectivity index (χ2v) is 7.07. The van der Waals surface area contributed by atoms with Crippen LogP contribution in [-0.4, -0.2) is 31.1 Å². The van der Waals surface area contributed by atoms with Crippen molar-refractivity contribution in [1.29, 1.82) is 0 Å². The number of benzene rings is 1. The lowest BCUT2D eigenvalue weighted by atomic mass is 10.1. The Morgan fingerprint density at radius 3 is 2.79 bits per heavy atom. The summed E-state index contributed by atoms with van der Waals surface area (Å²) < 4.78 is 22.5. The van der Waals surface area contributed by atoms with E-state index < -0.39 is 5.60 Å². The molecule has 1 saturated heterocycles. The molecular formula is C19H24O5. The molecule has 0 spiro atoms. The summed E-state index contributed by atoms with van der Waals surface area (Å²) in [5.41, 5.74) is 0.792. The second kappa shape index (κ2) is 6.85. The molecule has 1 unspecified atom stereocenters. The van der Waals surface area contributed by atoms with Crippen LogP contribution in [0.2, 0.25) is 0 Å². The maximum Gasteiger partial charge on any atom is 0.338 e. The van der Waals surface area contributed by atoms with Crippen molar-refractivity contribution in [2.75, 3.05) is 13.2 Å². The number of hydrogen-bond acceptors (Lipinski definition) is 5. The van der Waals surface area contributed by atoms with Crippen molar-refractivity contribution in [2.45, 2.75) is 51.9 Å². The van der Waals surface area contributed by atoms with Gasteiger partial charge in [0.25, 0.3) is 0 Å². The number of hydrogen-bond donors (Lipinski definition) is 0. The molecule has 1 fully saturated rings. The van der Waals surface area contributed by atoms with E-state index in [9.17, 15) is 4.79 Å². The fraction of sp³-hybridized carbons (Fsp3) is 0.526. The molecule has 5 heteroatoms. The van der Waals surface area contributed by atoms with Gasteiger partial charge in [0, 0.05) is 12.0 Å². The zero-order valence-electron chi connectivity index (χ0n) is 14.5. The zero-order chi connectivity index (χ0) is 17.2. The molecule has 2 aliphatic heterocycles. The Labute approximate surface area is 142 Å². The number of ether oxygens (including phenoxy) is 4. The highest BCUT2D eigenvalue weighted by atomic mass is 16.7. The lowest BCUT2D eigenvalue weighted by Crippen LogP contribution is -2.27. The third kappa shape index (κ3) is 4.29. The van der Waals surface area contributed by atoms with Crippen LogP contribution in [0.5, 0.6) is 11.5 Å². The quantitative estimate of drug-likeness (QED) is 0.790. The van der Waals surface area contributed by atoms with E-state index in [1.165, 1.54) is 0 Å². The summed E-state index contributed by atoms with van der Waals surface area (Å²) in [4.78, 5) is 12.2. The van der Waals surface area contributed by atoms with Crippen LogP contribution in [-0.2, 0) is 14.3 Å². The predicted octanol–water partition coefficient (Wildman–Crippen LogP) is 3.71. The smallest absolute Gasteiger partial charge is 0.338 e. The molecule has 0 aromatic heterocycles. The predicted molar refractivity (Wildman–Crippen MR) is 90.0 cm³/mol. The van der Waals surface area contributed by atoms with Gasteiger partial charge in [0.05, 0.1) is 12.2 Å². The lowest BCUT2D eigenvalue weighted by Gasteiger charge is -2.25. The van der Waals surface area contributed by atoms with Gasteiger partial charge in [-0.2, -0.15) is 0 Å². The molecule has 130 valence electrons. The van der Waals surface area contributed by atoms with E-state index in [0.717, 1.165) is 37.2 Å². The Hall–Kier alpha value is -2.01. The fourth-order valence-electron chi connectivity index (χ4n) is 2.65. The molecule has 0 bridgehead atoms. The van der Waals surface area contributed by atoms with Gasteiger partial charge < -0.3 is 18.9 Å². The maximum absolute atomic E-state index is 12.2. The molecule has 2 aliphatic rings. The summed E-state index contributed by atoms with van der Waals surface area (Å²) in [7, 11) is 0. The summed E-state index contributed by atoms with van der Waals surface area (Å²) in [6.07, 6.45) is 4.70. The summed E-state index contributed by atoms with van der Waals surface area (Å²) in [6.45, 7) is 6.49. The minimum Gasteiger partial charge on any atom is -0.488 e. The highest BCUT2D eigenvalue weighted by Gasteiger charge is 2.24. The van der Waals surface area contributed by atoms with Crippen LogP contribution >= 0.6 is 0 Å². The van der Waals surface area contributed by atoms with E-state index in [2.05, 4.69) is 0 Å². The summed E-state index contributed by atoms with van der Waals surface area (Å²) in [5, 5.41) is 0. The molecule has 1 aromatic carbocycles. The SMILES string of the molecule is CC(C)(C)OC(=O)C1=Cc2cc(OC3CCCCO3)ccc2OC1. The molecule has 1 aromatic rings. The minimum absolute atomic E-state index is 0.199. The first-order valence-electron chi connectivity index (χ1n) is 8.40. The van der Waals surface area contributed by atoms with Crippen molar-refractivity contribution in [1.82, 2.24) is 0 Å². The van der Waals surface area contributed by atoms with Crippen LogP contribution in [0.1, 0.15) is 45.6 Å². The van der Waals surface area contributed by atoms with Gasteiger partial charge in [-0.1, -0.05) is 0 Å².